The van der Waals surface area contributed by atoms with Gasteiger partial charge in [0.2, 0.25) is 11.8 Å². The average Bonchev–Trinajstić information content (AvgIpc) is 2.90. The van der Waals surface area contributed by atoms with Crippen molar-refractivity contribution in [3.63, 3.8) is 0 Å². The van der Waals surface area contributed by atoms with E-state index in [2.05, 4.69) is 10.5 Å². The maximum absolute atomic E-state index is 13.0. The number of nitrogens with one attached hydrogen (secondary N) is 1. The van der Waals surface area contributed by atoms with Gasteiger partial charge in [-0.2, -0.15) is 5.10 Å². The SMILES string of the molecule is O=C1CCC(C(=O)N2CCCN(C(=O)Cc3ccc(F)cc3)CC2)=NN1. The molecule has 8 heteroatoms. The molecule has 1 fully saturated rings. The lowest BCUT2D eigenvalue weighted by Gasteiger charge is -2.23. The van der Waals surface area contributed by atoms with Crippen LogP contribution in [0.2, 0.25) is 0 Å². The van der Waals surface area contributed by atoms with E-state index < -0.39 is 0 Å². The number of hydrogen-bond acceptors (Lipinski definition) is 4. The van der Waals surface area contributed by atoms with Gasteiger partial charge in [-0.05, 0) is 24.1 Å². The summed E-state index contributed by atoms with van der Waals surface area (Å²) in [5.74, 6) is -0.729. The summed E-state index contributed by atoms with van der Waals surface area (Å²) in [6.45, 7) is 2.01. The second-order valence-electron chi connectivity index (χ2n) is 6.42. The van der Waals surface area contributed by atoms with Gasteiger partial charge in [-0.1, -0.05) is 12.1 Å². The van der Waals surface area contributed by atoms with Crippen LogP contribution in [-0.4, -0.2) is 59.4 Å². The van der Waals surface area contributed by atoms with Crippen LogP contribution in [0.15, 0.2) is 29.4 Å². The molecule has 0 radical (unpaired) electrons. The second-order valence-corrected chi connectivity index (χ2v) is 6.42. The third kappa shape index (κ3) is 4.44. The summed E-state index contributed by atoms with van der Waals surface area (Å²) >= 11 is 0. The zero-order valence-corrected chi connectivity index (χ0v) is 14.4. The van der Waals surface area contributed by atoms with Gasteiger partial charge in [0, 0.05) is 39.0 Å². The van der Waals surface area contributed by atoms with E-state index >= 15 is 0 Å². The molecule has 26 heavy (non-hydrogen) atoms. The summed E-state index contributed by atoms with van der Waals surface area (Å²) in [4.78, 5) is 39.6. The largest absolute Gasteiger partial charge is 0.341 e. The molecular weight excluding hydrogens is 339 g/mol. The molecule has 1 N–H and O–H groups in total. The summed E-state index contributed by atoms with van der Waals surface area (Å²) < 4.78 is 13.0. The topological polar surface area (TPSA) is 82.1 Å². The minimum atomic E-state index is -0.327. The zero-order valence-electron chi connectivity index (χ0n) is 14.4. The maximum atomic E-state index is 13.0. The molecule has 2 heterocycles. The molecule has 2 aliphatic heterocycles. The number of hydrogen-bond donors (Lipinski definition) is 1. The van der Waals surface area contributed by atoms with E-state index in [0.29, 0.717) is 44.7 Å². The molecule has 0 atom stereocenters. The van der Waals surface area contributed by atoms with E-state index in [4.69, 9.17) is 0 Å². The van der Waals surface area contributed by atoms with Gasteiger partial charge >= 0.3 is 0 Å². The molecule has 2 aliphatic rings. The van der Waals surface area contributed by atoms with Gasteiger partial charge in [-0.3, -0.25) is 14.4 Å². The Labute approximate surface area is 150 Å². The van der Waals surface area contributed by atoms with Crippen LogP contribution in [0.25, 0.3) is 0 Å². The predicted octanol–water partition coefficient (Wildman–Crippen LogP) is 0.695. The van der Waals surface area contributed by atoms with Crippen molar-refractivity contribution >= 4 is 23.4 Å². The Morgan fingerprint density at radius 2 is 1.73 bits per heavy atom. The van der Waals surface area contributed by atoms with Crippen molar-refractivity contribution in [1.82, 2.24) is 15.2 Å². The van der Waals surface area contributed by atoms with Crippen LogP contribution in [0.4, 0.5) is 4.39 Å². The van der Waals surface area contributed by atoms with Crippen molar-refractivity contribution < 1.29 is 18.8 Å². The Morgan fingerprint density at radius 1 is 1.04 bits per heavy atom. The van der Waals surface area contributed by atoms with Crippen molar-refractivity contribution in [2.24, 2.45) is 5.10 Å². The first-order chi connectivity index (χ1) is 12.5. The van der Waals surface area contributed by atoms with E-state index in [9.17, 15) is 18.8 Å². The van der Waals surface area contributed by atoms with E-state index in [1.807, 2.05) is 0 Å². The minimum Gasteiger partial charge on any atom is -0.341 e. The first-order valence-corrected chi connectivity index (χ1v) is 8.70. The van der Waals surface area contributed by atoms with Gasteiger partial charge in [-0.15, -0.1) is 0 Å². The van der Waals surface area contributed by atoms with Gasteiger partial charge in [-0.25, -0.2) is 9.82 Å². The van der Waals surface area contributed by atoms with Crippen molar-refractivity contribution in [3.05, 3.63) is 35.6 Å². The summed E-state index contributed by atoms with van der Waals surface area (Å²) in [6, 6.07) is 5.90. The average molecular weight is 360 g/mol. The minimum absolute atomic E-state index is 0.0341. The molecule has 1 saturated heterocycles. The van der Waals surface area contributed by atoms with E-state index in [1.165, 1.54) is 12.1 Å². The molecule has 0 bridgehead atoms. The van der Waals surface area contributed by atoms with Gasteiger partial charge < -0.3 is 9.80 Å². The number of nitrogens with zero attached hydrogens (tertiary/aromatic N) is 3. The van der Waals surface area contributed by atoms with E-state index in [0.717, 1.165) is 5.56 Å². The lowest BCUT2D eigenvalue weighted by molar-refractivity contribution is -0.131. The molecule has 1 aromatic carbocycles. The van der Waals surface area contributed by atoms with E-state index in [1.54, 1.807) is 21.9 Å². The van der Waals surface area contributed by atoms with Crippen molar-refractivity contribution in [3.8, 4) is 0 Å². The van der Waals surface area contributed by atoms with Gasteiger partial charge in [0.15, 0.2) is 0 Å². The Hall–Kier alpha value is -2.77. The highest BCUT2D eigenvalue weighted by Crippen LogP contribution is 2.11. The fourth-order valence-corrected chi connectivity index (χ4v) is 3.07. The molecule has 0 spiro atoms. The smallest absolute Gasteiger partial charge is 0.270 e. The van der Waals surface area contributed by atoms with Gasteiger partial charge in [0.25, 0.3) is 5.91 Å². The first kappa shape index (κ1) is 18.0. The maximum Gasteiger partial charge on any atom is 0.270 e. The molecule has 3 rings (SSSR count). The molecule has 1 aromatic rings. The van der Waals surface area contributed by atoms with Crippen molar-refractivity contribution in [2.45, 2.75) is 25.7 Å². The lowest BCUT2D eigenvalue weighted by Crippen LogP contribution is -2.42. The third-order valence-electron chi connectivity index (χ3n) is 4.56. The van der Waals surface area contributed by atoms with Crippen molar-refractivity contribution in [1.29, 1.82) is 0 Å². The Balaban J connectivity index is 1.55. The number of halogens is 1. The summed E-state index contributed by atoms with van der Waals surface area (Å²) in [5.41, 5.74) is 3.46. The summed E-state index contributed by atoms with van der Waals surface area (Å²) in [7, 11) is 0. The summed E-state index contributed by atoms with van der Waals surface area (Å²) in [5, 5.41) is 3.85. The van der Waals surface area contributed by atoms with Crippen LogP contribution in [0.5, 0.6) is 0 Å². The Morgan fingerprint density at radius 3 is 2.42 bits per heavy atom. The fourth-order valence-electron chi connectivity index (χ4n) is 3.07. The monoisotopic (exact) mass is 360 g/mol. The van der Waals surface area contributed by atoms with Crippen LogP contribution >= 0.6 is 0 Å². The number of carbonyl (C=O) groups excluding carboxylic acids is 3. The number of amides is 3. The van der Waals surface area contributed by atoms with Crippen LogP contribution < -0.4 is 5.43 Å². The van der Waals surface area contributed by atoms with Crippen LogP contribution in [0, 0.1) is 5.82 Å². The second kappa shape index (κ2) is 8.07. The van der Waals surface area contributed by atoms with Crippen molar-refractivity contribution in [2.75, 3.05) is 26.2 Å². The lowest BCUT2D eigenvalue weighted by atomic mass is 10.1. The zero-order chi connectivity index (χ0) is 18.5. The number of benzene rings is 1. The molecule has 0 unspecified atom stereocenters. The molecule has 0 aromatic heterocycles. The molecule has 0 aliphatic carbocycles. The quantitative estimate of drug-likeness (QED) is 0.861. The number of carbonyl (C=O) groups is 3. The van der Waals surface area contributed by atoms with Crippen LogP contribution in [-0.2, 0) is 20.8 Å². The normalized spacial score (nSPS) is 18.0. The highest BCUT2D eigenvalue weighted by Gasteiger charge is 2.26. The fraction of sp³-hybridized carbons (Fsp3) is 0.444. The van der Waals surface area contributed by atoms with Gasteiger partial charge in [0.05, 0.1) is 6.42 Å². The highest BCUT2D eigenvalue weighted by molar-refractivity contribution is 6.39. The Bertz CT molecular complexity index is 732. The predicted molar refractivity (Wildman–Crippen MR) is 92.7 cm³/mol. The third-order valence-corrected chi connectivity index (χ3v) is 4.56. The molecule has 7 nitrogen and oxygen atoms in total. The standard InChI is InChI=1S/C18H21FN4O3/c19-14-4-2-13(3-5-14)12-17(25)22-8-1-9-23(11-10-22)18(26)15-6-7-16(24)21-20-15/h2-5H,1,6-12H2,(H,21,24). The summed E-state index contributed by atoms with van der Waals surface area (Å²) in [6.07, 6.45) is 1.50. The van der Waals surface area contributed by atoms with Crippen LogP contribution in [0.3, 0.4) is 0 Å². The van der Waals surface area contributed by atoms with E-state index in [-0.39, 0.29) is 36.4 Å². The van der Waals surface area contributed by atoms with Gasteiger partial charge in [0.1, 0.15) is 11.5 Å². The van der Waals surface area contributed by atoms with Crippen LogP contribution in [0.1, 0.15) is 24.8 Å². The molecular formula is C18H21FN4O3. The molecule has 0 saturated carbocycles. The molecule has 138 valence electrons. The number of hydrazone groups is 1. The number of rotatable bonds is 3. The molecule has 3 amide bonds. The Kier molecular flexibility index (Phi) is 5.60. The first-order valence-electron chi connectivity index (χ1n) is 8.70. The highest BCUT2D eigenvalue weighted by atomic mass is 19.1.